The molecule has 2 heterocycles. The van der Waals surface area contributed by atoms with Crippen molar-refractivity contribution < 1.29 is 4.79 Å². The standard InChI is InChI=1S/C25H29N3O/c29-22-17-21-16-19(8-9-24(21)26-18-22)10-11-27-12-14-28(15-13-27)25-7-3-5-20-4-1-2-6-23(20)25/h3,5,7-9,16,18H,1-2,4,6,10-15,17H2. The minimum absolute atomic E-state index is 0.105. The van der Waals surface area contributed by atoms with Gasteiger partial charge in [-0.3, -0.25) is 14.7 Å². The summed E-state index contributed by atoms with van der Waals surface area (Å²) in [6, 6.07) is 13.3. The van der Waals surface area contributed by atoms with Crippen LogP contribution in [0.3, 0.4) is 0 Å². The third-order valence-corrected chi connectivity index (χ3v) is 6.66. The topological polar surface area (TPSA) is 35.9 Å². The van der Waals surface area contributed by atoms with E-state index in [0.29, 0.717) is 6.42 Å². The number of piperazine rings is 1. The summed E-state index contributed by atoms with van der Waals surface area (Å²) in [5.41, 5.74) is 8.02. The van der Waals surface area contributed by atoms with E-state index in [1.807, 2.05) is 0 Å². The number of carbonyl (C=O) groups excluding carboxylic acids is 1. The van der Waals surface area contributed by atoms with E-state index in [4.69, 9.17) is 0 Å². The molecule has 4 heteroatoms. The van der Waals surface area contributed by atoms with Gasteiger partial charge in [0.1, 0.15) is 0 Å². The van der Waals surface area contributed by atoms with Crippen molar-refractivity contribution in [2.75, 3.05) is 37.6 Å². The van der Waals surface area contributed by atoms with Crippen molar-refractivity contribution >= 4 is 23.4 Å². The first-order valence-corrected chi connectivity index (χ1v) is 11.0. The van der Waals surface area contributed by atoms with Crippen LogP contribution in [0.1, 0.15) is 35.1 Å². The molecule has 0 aromatic heterocycles. The number of aliphatic imine (C=N–C) groups is 1. The molecule has 2 aliphatic heterocycles. The quantitative estimate of drug-likeness (QED) is 0.801. The zero-order valence-corrected chi connectivity index (χ0v) is 17.1. The third kappa shape index (κ3) is 3.99. The van der Waals surface area contributed by atoms with Crippen LogP contribution >= 0.6 is 0 Å². The van der Waals surface area contributed by atoms with Crippen LogP contribution < -0.4 is 4.90 Å². The summed E-state index contributed by atoms with van der Waals surface area (Å²) in [6.45, 7) is 5.55. The van der Waals surface area contributed by atoms with Gasteiger partial charge in [-0.15, -0.1) is 0 Å². The Balaban J connectivity index is 1.18. The first-order valence-electron chi connectivity index (χ1n) is 11.0. The summed E-state index contributed by atoms with van der Waals surface area (Å²) in [5, 5.41) is 0. The number of aryl methyl sites for hydroxylation is 1. The van der Waals surface area contributed by atoms with Gasteiger partial charge >= 0.3 is 0 Å². The molecule has 0 unspecified atom stereocenters. The molecule has 0 bridgehead atoms. The molecule has 1 fully saturated rings. The van der Waals surface area contributed by atoms with E-state index in [1.165, 1.54) is 43.1 Å². The van der Waals surface area contributed by atoms with Crippen molar-refractivity contribution in [1.82, 2.24) is 4.90 Å². The normalized spacial score (nSPS) is 19.2. The van der Waals surface area contributed by atoms with Gasteiger partial charge in [0.05, 0.1) is 11.9 Å². The van der Waals surface area contributed by atoms with Gasteiger partial charge in [0, 0.05) is 44.8 Å². The second-order valence-electron chi connectivity index (χ2n) is 8.56. The van der Waals surface area contributed by atoms with E-state index in [1.54, 1.807) is 11.1 Å². The van der Waals surface area contributed by atoms with Crippen molar-refractivity contribution in [3.8, 4) is 0 Å². The Morgan fingerprint density at radius 2 is 1.79 bits per heavy atom. The smallest absolute Gasteiger partial charge is 0.178 e. The summed E-state index contributed by atoms with van der Waals surface area (Å²) in [5.74, 6) is 0.105. The van der Waals surface area contributed by atoms with E-state index >= 15 is 0 Å². The second-order valence-corrected chi connectivity index (χ2v) is 8.56. The van der Waals surface area contributed by atoms with Crippen LogP contribution in [-0.2, 0) is 30.5 Å². The molecule has 0 radical (unpaired) electrons. The van der Waals surface area contributed by atoms with Crippen molar-refractivity contribution in [2.24, 2.45) is 4.99 Å². The largest absolute Gasteiger partial charge is 0.369 e. The number of hydrogen-bond acceptors (Lipinski definition) is 4. The Hall–Kier alpha value is -2.46. The Kier molecular flexibility index (Phi) is 5.19. The molecule has 0 spiro atoms. The number of benzene rings is 2. The van der Waals surface area contributed by atoms with Gasteiger partial charge < -0.3 is 4.90 Å². The van der Waals surface area contributed by atoms with E-state index in [0.717, 1.165) is 50.4 Å². The highest BCUT2D eigenvalue weighted by molar-refractivity contribution is 6.29. The van der Waals surface area contributed by atoms with Crippen molar-refractivity contribution in [2.45, 2.75) is 38.5 Å². The van der Waals surface area contributed by atoms with Crippen LogP contribution in [0, 0.1) is 0 Å². The molecule has 150 valence electrons. The maximum Gasteiger partial charge on any atom is 0.178 e. The molecule has 3 aliphatic rings. The number of carbonyl (C=O) groups is 1. The minimum atomic E-state index is 0.105. The Labute approximate surface area is 173 Å². The number of Topliss-reactive ketones (excluding diaryl/α,β-unsaturated/α-hetero) is 1. The maximum absolute atomic E-state index is 11.6. The maximum atomic E-state index is 11.6. The van der Waals surface area contributed by atoms with Crippen molar-refractivity contribution in [1.29, 1.82) is 0 Å². The van der Waals surface area contributed by atoms with E-state index in [2.05, 4.69) is 51.2 Å². The predicted octanol–water partition coefficient (Wildman–Crippen LogP) is 3.76. The molecule has 4 nitrogen and oxygen atoms in total. The minimum Gasteiger partial charge on any atom is -0.369 e. The molecule has 2 aromatic rings. The summed E-state index contributed by atoms with van der Waals surface area (Å²) < 4.78 is 0. The average molecular weight is 388 g/mol. The highest BCUT2D eigenvalue weighted by Gasteiger charge is 2.21. The first-order chi connectivity index (χ1) is 14.3. The van der Waals surface area contributed by atoms with E-state index in [-0.39, 0.29) is 5.78 Å². The monoisotopic (exact) mass is 387 g/mol. The van der Waals surface area contributed by atoms with Crippen LogP contribution in [0.2, 0.25) is 0 Å². The lowest BCUT2D eigenvalue weighted by Crippen LogP contribution is -2.47. The molecular formula is C25H29N3O. The van der Waals surface area contributed by atoms with Gasteiger partial charge in [-0.1, -0.05) is 24.3 Å². The van der Waals surface area contributed by atoms with Crippen LogP contribution in [0.25, 0.3) is 0 Å². The summed E-state index contributed by atoms with van der Waals surface area (Å²) in [4.78, 5) is 21.0. The summed E-state index contributed by atoms with van der Waals surface area (Å²) in [7, 11) is 0. The Morgan fingerprint density at radius 1 is 0.931 bits per heavy atom. The van der Waals surface area contributed by atoms with Gasteiger partial charge in [0.2, 0.25) is 0 Å². The highest BCUT2D eigenvalue weighted by atomic mass is 16.1. The van der Waals surface area contributed by atoms with Gasteiger partial charge in [-0.25, -0.2) is 0 Å². The Morgan fingerprint density at radius 3 is 2.69 bits per heavy atom. The zero-order valence-electron chi connectivity index (χ0n) is 17.1. The summed E-state index contributed by atoms with van der Waals surface area (Å²) in [6.07, 6.45) is 8.15. The second kappa shape index (κ2) is 8.11. The van der Waals surface area contributed by atoms with E-state index < -0.39 is 0 Å². The molecule has 2 aromatic carbocycles. The highest BCUT2D eigenvalue weighted by Crippen LogP contribution is 2.31. The molecule has 5 rings (SSSR count). The fraction of sp³-hybridized carbons (Fsp3) is 0.440. The Bertz CT molecular complexity index is 941. The molecule has 0 saturated carbocycles. The lowest BCUT2D eigenvalue weighted by molar-refractivity contribution is -0.112. The predicted molar refractivity (Wildman–Crippen MR) is 119 cm³/mol. The molecule has 0 N–H and O–H groups in total. The number of nitrogens with zero attached hydrogens (tertiary/aromatic N) is 3. The van der Waals surface area contributed by atoms with Crippen molar-refractivity contribution in [3.05, 3.63) is 58.7 Å². The van der Waals surface area contributed by atoms with Crippen LogP contribution in [-0.4, -0.2) is 49.6 Å². The zero-order chi connectivity index (χ0) is 19.6. The number of anilines is 1. The number of rotatable bonds is 4. The lowest BCUT2D eigenvalue weighted by Gasteiger charge is -2.38. The molecule has 0 amide bonds. The first kappa shape index (κ1) is 18.6. The molecule has 1 aliphatic carbocycles. The van der Waals surface area contributed by atoms with Gasteiger partial charge in [-0.2, -0.15) is 0 Å². The van der Waals surface area contributed by atoms with Crippen LogP contribution in [0.5, 0.6) is 0 Å². The molecular weight excluding hydrogens is 358 g/mol. The third-order valence-electron chi connectivity index (χ3n) is 6.66. The fourth-order valence-electron chi connectivity index (χ4n) is 4.99. The molecule has 1 saturated heterocycles. The molecule has 29 heavy (non-hydrogen) atoms. The number of fused-ring (bicyclic) bond motifs is 2. The number of ketones is 1. The summed E-state index contributed by atoms with van der Waals surface area (Å²) >= 11 is 0. The van der Waals surface area contributed by atoms with E-state index in [9.17, 15) is 4.79 Å². The number of hydrogen-bond donors (Lipinski definition) is 0. The lowest BCUT2D eigenvalue weighted by atomic mass is 9.90. The van der Waals surface area contributed by atoms with Gasteiger partial charge in [0.15, 0.2) is 5.78 Å². The molecule has 0 atom stereocenters. The fourth-order valence-corrected chi connectivity index (χ4v) is 4.99. The van der Waals surface area contributed by atoms with Crippen LogP contribution in [0.4, 0.5) is 11.4 Å². The van der Waals surface area contributed by atoms with Crippen LogP contribution in [0.15, 0.2) is 41.4 Å². The van der Waals surface area contributed by atoms with Gasteiger partial charge in [0.25, 0.3) is 0 Å². The SMILES string of the molecule is O=C1C=Nc2ccc(CCN3CCN(c4cccc5c4CCCC5)CC3)cc2C1. The van der Waals surface area contributed by atoms with Crippen molar-refractivity contribution in [3.63, 3.8) is 0 Å². The van der Waals surface area contributed by atoms with Gasteiger partial charge in [-0.05, 0) is 66.5 Å². The average Bonchev–Trinajstić information content (AvgIpc) is 2.77.